The van der Waals surface area contributed by atoms with Crippen LogP contribution in [0.25, 0.3) is 0 Å². The highest BCUT2D eigenvalue weighted by Crippen LogP contribution is 2.45. The lowest BCUT2D eigenvalue weighted by atomic mass is 9.89. The van der Waals surface area contributed by atoms with Crippen molar-refractivity contribution in [2.24, 2.45) is 11.8 Å². The second kappa shape index (κ2) is 6.56. The molecule has 2 aliphatic heterocycles. The van der Waals surface area contributed by atoms with Crippen molar-refractivity contribution in [1.82, 2.24) is 14.8 Å². The summed E-state index contributed by atoms with van der Waals surface area (Å²) < 4.78 is 0. The van der Waals surface area contributed by atoms with Gasteiger partial charge >= 0.3 is 0 Å². The normalized spacial score (nSPS) is 24.6. The van der Waals surface area contributed by atoms with Crippen molar-refractivity contribution in [2.75, 3.05) is 19.6 Å². The van der Waals surface area contributed by atoms with Crippen molar-refractivity contribution in [2.45, 2.75) is 19.9 Å². The summed E-state index contributed by atoms with van der Waals surface area (Å²) >= 11 is 0. The number of hydrogen-bond acceptors (Lipinski definition) is 3. The Morgan fingerprint density at radius 3 is 2.46 bits per heavy atom. The highest BCUT2D eigenvalue weighted by molar-refractivity contribution is 5.94. The van der Waals surface area contributed by atoms with E-state index in [0.717, 1.165) is 17.8 Å². The van der Waals surface area contributed by atoms with E-state index >= 15 is 0 Å². The fraction of sp³-hybridized carbons (Fsp3) is 0.381. The largest absolute Gasteiger partial charge is 0.338 e. The molecular formula is C21H23N3O2. The molecule has 5 heteroatoms. The van der Waals surface area contributed by atoms with E-state index in [0.29, 0.717) is 24.6 Å². The number of carbonyl (C=O) groups is 2. The first-order valence-corrected chi connectivity index (χ1v) is 9.08. The molecule has 5 nitrogen and oxygen atoms in total. The maximum absolute atomic E-state index is 12.9. The summed E-state index contributed by atoms with van der Waals surface area (Å²) in [5.41, 5.74) is 2.69. The molecule has 1 aromatic heterocycles. The number of pyridine rings is 1. The summed E-state index contributed by atoms with van der Waals surface area (Å²) in [6.45, 7) is 5.65. The second-order valence-electron chi connectivity index (χ2n) is 7.35. The predicted octanol–water partition coefficient (Wildman–Crippen LogP) is 2.68. The van der Waals surface area contributed by atoms with E-state index in [2.05, 4.69) is 17.1 Å². The summed E-state index contributed by atoms with van der Waals surface area (Å²) in [6, 6.07) is 13.9. The van der Waals surface area contributed by atoms with Crippen LogP contribution in [0.5, 0.6) is 0 Å². The summed E-state index contributed by atoms with van der Waals surface area (Å²) in [6.07, 6.45) is 1.66. The van der Waals surface area contributed by atoms with Crippen LogP contribution >= 0.6 is 0 Å². The van der Waals surface area contributed by atoms with Gasteiger partial charge in [-0.3, -0.25) is 14.6 Å². The minimum absolute atomic E-state index is 0.0353. The molecule has 2 saturated heterocycles. The zero-order chi connectivity index (χ0) is 18.3. The van der Waals surface area contributed by atoms with Gasteiger partial charge < -0.3 is 9.80 Å². The third-order valence-corrected chi connectivity index (χ3v) is 5.66. The van der Waals surface area contributed by atoms with E-state index in [-0.39, 0.29) is 23.8 Å². The highest BCUT2D eigenvalue weighted by Gasteiger charge is 2.49. The Balaban J connectivity index is 1.57. The van der Waals surface area contributed by atoms with Gasteiger partial charge in [0.05, 0.1) is 11.6 Å². The lowest BCUT2D eigenvalue weighted by molar-refractivity contribution is -0.130. The van der Waals surface area contributed by atoms with Crippen LogP contribution in [0.3, 0.4) is 0 Å². The van der Waals surface area contributed by atoms with Gasteiger partial charge in [-0.2, -0.15) is 0 Å². The predicted molar refractivity (Wildman–Crippen MR) is 98.4 cm³/mol. The molecule has 0 spiro atoms. The van der Waals surface area contributed by atoms with Gasteiger partial charge in [-0.15, -0.1) is 0 Å². The molecule has 2 aliphatic rings. The molecule has 0 bridgehead atoms. The van der Waals surface area contributed by atoms with Crippen LogP contribution in [0.15, 0.2) is 48.7 Å². The van der Waals surface area contributed by atoms with Crippen LogP contribution < -0.4 is 0 Å². The zero-order valence-electron chi connectivity index (χ0n) is 15.1. The monoisotopic (exact) mass is 349 g/mol. The number of amides is 2. The lowest BCUT2D eigenvalue weighted by Gasteiger charge is -2.29. The molecule has 0 unspecified atom stereocenters. The fourth-order valence-corrected chi connectivity index (χ4v) is 4.39. The topological polar surface area (TPSA) is 53.5 Å². The standard InChI is InChI=1S/C21H23N3O2/c1-14-8-9-17(10-22-14)21(26)23-11-18-12-24(15(2)25)20(19(18)13-23)16-6-4-3-5-7-16/h3-10,18-20H,11-13H2,1-2H3/t18-,19-,20+/m1/s1. The Hall–Kier alpha value is -2.69. The van der Waals surface area contributed by atoms with Gasteiger partial charge in [-0.25, -0.2) is 0 Å². The van der Waals surface area contributed by atoms with E-state index < -0.39 is 0 Å². The van der Waals surface area contributed by atoms with E-state index in [1.807, 2.05) is 47.1 Å². The number of fused-ring (bicyclic) bond motifs is 1. The van der Waals surface area contributed by atoms with Crippen LogP contribution in [0.2, 0.25) is 0 Å². The van der Waals surface area contributed by atoms with Gasteiger partial charge in [0.15, 0.2) is 0 Å². The van der Waals surface area contributed by atoms with Crippen LogP contribution in [0.4, 0.5) is 0 Å². The number of aromatic nitrogens is 1. The van der Waals surface area contributed by atoms with E-state index in [1.54, 1.807) is 13.1 Å². The van der Waals surface area contributed by atoms with Crippen LogP contribution in [-0.4, -0.2) is 46.2 Å². The molecule has 1 aromatic carbocycles. The van der Waals surface area contributed by atoms with Gasteiger partial charge in [-0.1, -0.05) is 30.3 Å². The Labute approximate surface area is 153 Å². The molecule has 2 aromatic rings. The summed E-state index contributed by atoms with van der Waals surface area (Å²) in [4.78, 5) is 33.2. The number of hydrogen-bond donors (Lipinski definition) is 0. The maximum Gasteiger partial charge on any atom is 0.255 e. The smallest absolute Gasteiger partial charge is 0.255 e. The molecule has 0 radical (unpaired) electrons. The molecule has 3 atom stereocenters. The molecule has 0 saturated carbocycles. The van der Waals surface area contributed by atoms with Crippen molar-refractivity contribution in [3.05, 3.63) is 65.5 Å². The van der Waals surface area contributed by atoms with Crippen molar-refractivity contribution in [3.63, 3.8) is 0 Å². The van der Waals surface area contributed by atoms with Crippen molar-refractivity contribution >= 4 is 11.8 Å². The number of rotatable bonds is 2. The molecule has 2 amide bonds. The van der Waals surface area contributed by atoms with Gasteiger partial charge in [-0.05, 0) is 24.6 Å². The summed E-state index contributed by atoms with van der Waals surface area (Å²) in [5, 5.41) is 0. The van der Waals surface area contributed by atoms with Crippen molar-refractivity contribution < 1.29 is 9.59 Å². The first-order valence-electron chi connectivity index (χ1n) is 9.08. The third-order valence-electron chi connectivity index (χ3n) is 5.66. The molecule has 4 rings (SSSR count). The highest BCUT2D eigenvalue weighted by atomic mass is 16.2. The average Bonchev–Trinajstić information content (AvgIpc) is 3.20. The van der Waals surface area contributed by atoms with Crippen LogP contribution in [0, 0.1) is 18.8 Å². The Morgan fingerprint density at radius 1 is 1.04 bits per heavy atom. The molecule has 0 aliphatic carbocycles. The number of aryl methyl sites for hydroxylation is 1. The molecule has 26 heavy (non-hydrogen) atoms. The third kappa shape index (κ3) is 2.87. The molecule has 2 fully saturated rings. The van der Waals surface area contributed by atoms with Crippen LogP contribution in [-0.2, 0) is 4.79 Å². The van der Waals surface area contributed by atoms with Crippen molar-refractivity contribution in [3.8, 4) is 0 Å². The molecule has 134 valence electrons. The lowest BCUT2D eigenvalue weighted by Crippen LogP contribution is -2.36. The van der Waals surface area contributed by atoms with E-state index in [4.69, 9.17) is 0 Å². The SMILES string of the molecule is CC(=O)N1C[C@H]2CN(C(=O)c3ccc(C)nc3)C[C@H]2[C@@H]1c1ccccc1. The molecule has 3 heterocycles. The zero-order valence-corrected chi connectivity index (χ0v) is 15.1. The molecular weight excluding hydrogens is 326 g/mol. The quantitative estimate of drug-likeness (QED) is 0.838. The van der Waals surface area contributed by atoms with Gasteiger partial charge in [0.1, 0.15) is 0 Å². The van der Waals surface area contributed by atoms with E-state index in [9.17, 15) is 9.59 Å². The number of likely N-dealkylation sites (tertiary alicyclic amines) is 2. The van der Waals surface area contributed by atoms with Crippen molar-refractivity contribution in [1.29, 1.82) is 0 Å². The first kappa shape index (κ1) is 16.8. The molecule has 0 N–H and O–H groups in total. The maximum atomic E-state index is 12.9. The number of nitrogens with zero attached hydrogens (tertiary/aromatic N) is 3. The van der Waals surface area contributed by atoms with Crippen LogP contribution in [0.1, 0.15) is 34.6 Å². The summed E-state index contributed by atoms with van der Waals surface area (Å²) in [7, 11) is 0. The first-order chi connectivity index (χ1) is 12.5. The minimum atomic E-state index is 0.0353. The van der Waals surface area contributed by atoms with Gasteiger partial charge in [0.2, 0.25) is 5.91 Å². The fourth-order valence-electron chi connectivity index (χ4n) is 4.39. The number of carbonyl (C=O) groups excluding carboxylic acids is 2. The Kier molecular flexibility index (Phi) is 4.23. The Bertz CT molecular complexity index is 819. The van der Waals surface area contributed by atoms with E-state index in [1.165, 1.54) is 0 Å². The Morgan fingerprint density at radius 2 is 1.81 bits per heavy atom. The number of benzene rings is 1. The summed E-state index contributed by atoms with van der Waals surface area (Å²) in [5.74, 6) is 0.747. The van der Waals surface area contributed by atoms with Gasteiger partial charge in [0.25, 0.3) is 5.91 Å². The second-order valence-corrected chi connectivity index (χ2v) is 7.35. The minimum Gasteiger partial charge on any atom is -0.338 e. The average molecular weight is 349 g/mol. The van der Waals surface area contributed by atoms with Gasteiger partial charge in [0, 0.05) is 50.3 Å².